The molecule has 20 rings (SSSR count). The number of carbonyl (C=O) groups is 5. The molecule has 10 aromatic rings. The number of fused-ring (bicyclic) bond motifs is 5. The molecular formula is C106H132Br5N14O10S10+. The second kappa shape index (κ2) is 69.2. The third kappa shape index (κ3) is 45.0. The van der Waals surface area contributed by atoms with E-state index in [0.717, 1.165) is 253 Å². The second-order valence-electron chi connectivity index (χ2n) is 36.0. The van der Waals surface area contributed by atoms with E-state index >= 15 is 0 Å². The first-order valence-corrected chi connectivity index (χ1v) is 66.3. The van der Waals surface area contributed by atoms with Crippen molar-refractivity contribution in [3.05, 3.63) is 179 Å². The molecule has 6 N–H and O–H groups in total. The van der Waals surface area contributed by atoms with Crippen LogP contribution in [0.3, 0.4) is 0 Å². The van der Waals surface area contributed by atoms with Gasteiger partial charge in [0.25, 0.3) is 0 Å². The number of carboxylic acids is 5. The Morgan fingerprint density at radius 2 is 0.545 bits per heavy atom. The molecule has 780 valence electrons. The number of aliphatic carboxylic acids is 5. The minimum Gasteiger partial charge on any atom is -0.481 e. The molecule has 15 heterocycles. The molecule has 5 fully saturated rings. The van der Waals surface area contributed by atoms with Crippen molar-refractivity contribution in [3.63, 3.8) is 0 Å². The number of nitrogens with one attached hydrogen (secondary N) is 1. The maximum absolute atomic E-state index is 10.2. The predicted molar refractivity (Wildman–Crippen MR) is 636 cm³/mol. The Morgan fingerprint density at radius 3 is 0.786 bits per heavy atom. The van der Waals surface area contributed by atoms with Crippen molar-refractivity contribution >= 4 is 301 Å². The predicted octanol–water partition coefficient (Wildman–Crippen LogP) is 28.5. The molecule has 24 nitrogen and oxygen atoms in total. The van der Waals surface area contributed by atoms with Crippen molar-refractivity contribution < 1.29 is 54.5 Å². The first-order chi connectivity index (χ1) is 70.7. The number of hydrogen-bond donors (Lipinski definition) is 6. The topological polar surface area (TPSA) is 366 Å². The lowest BCUT2D eigenvalue weighted by Gasteiger charge is -2.07. The number of nitrogens with zero attached hydrogens (tertiary/aromatic N) is 13. The molecule has 5 aromatic heterocycles. The van der Waals surface area contributed by atoms with Gasteiger partial charge in [-0.2, -0.15) is 0 Å². The van der Waals surface area contributed by atoms with Gasteiger partial charge in [-0.3, -0.25) is 88.8 Å². The van der Waals surface area contributed by atoms with Crippen molar-refractivity contribution in [2.45, 2.75) is 283 Å². The zero-order chi connectivity index (χ0) is 102. The largest absolute Gasteiger partial charge is 0.481 e. The average Bonchev–Trinajstić information content (AvgIpc) is 1.83. The molecule has 0 bridgehead atoms. The van der Waals surface area contributed by atoms with Gasteiger partial charge in [0, 0.05) is 258 Å². The molecule has 10 aliphatic heterocycles. The fourth-order valence-corrected chi connectivity index (χ4v) is 35.0. The third-order valence-electron chi connectivity index (χ3n) is 24.8. The summed E-state index contributed by atoms with van der Waals surface area (Å²) in [4.78, 5) is 111. The van der Waals surface area contributed by atoms with Gasteiger partial charge in [-0.15, -0.1) is 0 Å². The number of hydrogen-bond acceptors (Lipinski definition) is 28. The highest BCUT2D eigenvalue weighted by atomic mass is 79.9. The van der Waals surface area contributed by atoms with Gasteiger partial charge in [0.15, 0.2) is 5.71 Å². The van der Waals surface area contributed by atoms with E-state index < -0.39 is 29.8 Å². The fraction of sp³-hybridized carbons (Fsp3) is 0.519. The summed E-state index contributed by atoms with van der Waals surface area (Å²) in [6.45, 7) is 5.07. The first-order valence-electron chi connectivity index (χ1n) is 50.4. The summed E-state index contributed by atoms with van der Waals surface area (Å²) in [6, 6.07) is 24.9. The minimum absolute atomic E-state index is 0.338. The highest BCUT2D eigenvalue weighted by Crippen LogP contribution is 2.44. The van der Waals surface area contributed by atoms with Crippen LogP contribution in [0.4, 0.5) is 0 Å². The number of carboxylic acid groups (broad SMARTS) is 5. The maximum Gasteiger partial charge on any atom is 0.303 e. The van der Waals surface area contributed by atoms with E-state index in [-0.39, 0.29) is 0 Å². The summed E-state index contributed by atoms with van der Waals surface area (Å²) in [5.74, 6) is 3.04. The van der Waals surface area contributed by atoms with Gasteiger partial charge in [-0.1, -0.05) is 176 Å². The van der Waals surface area contributed by atoms with Crippen LogP contribution in [-0.4, -0.2) is 217 Å². The molecule has 0 amide bonds. The molecule has 2 unspecified atom stereocenters. The lowest BCUT2D eigenvalue weighted by Crippen LogP contribution is -2.69. The van der Waals surface area contributed by atoms with Gasteiger partial charge < -0.3 is 25.5 Å². The van der Waals surface area contributed by atoms with E-state index in [1.54, 1.807) is 49.6 Å². The van der Waals surface area contributed by atoms with Crippen molar-refractivity contribution in [1.82, 2.24) is 44.9 Å². The molecule has 5 atom stereocenters. The van der Waals surface area contributed by atoms with Crippen LogP contribution < -0.4 is 4.99 Å². The molecule has 39 heteroatoms. The maximum atomic E-state index is 10.2. The van der Waals surface area contributed by atoms with E-state index in [1.807, 2.05) is 144 Å². The van der Waals surface area contributed by atoms with Gasteiger partial charge in [0.05, 0.1) is 34.0 Å². The molecule has 0 spiro atoms. The average molecular weight is 2480 g/mol. The standard InChI is InChI=1S/C14H13BrN2.4C13H12BrN3.5C8H14O2S2/c15-14-10(9-11-3-1-7-16-11)5-6-13-12(14)4-2-8-17-13;4*14-12-9(8-10-2-1-5-15-10)3-4-11-13(12)17-7-6-16-11;5*9-8(10)4-2-1-3-7-5-6-11-12-7/h2,4-6,8H,1,3,7,9H2;4*3-4,6-7H,1-2,5,8H2;5*7H,1-6H2,(H,9,10)/p+1/t;;;;;3*7-;;/m.....000../s1. The van der Waals surface area contributed by atoms with Gasteiger partial charge in [0.2, 0.25) is 0 Å². The Labute approximate surface area is 934 Å². The smallest absolute Gasteiger partial charge is 0.303 e. The van der Waals surface area contributed by atoms with Gasteiger partial charge in [-0.05, 0) is 292 Å². The molecule has 5 saturated heterocycles. The summed E-state index contributed by atoms with van der Waals surface area (Å²) in [6.07, 6.45) is 55.9. The quantitative estimate of drug-likeness (QED) is 0.0159. The normalized spacial score (nSPS) is 18.4. The van der Waals surface area contributed by atoms with Gasteiger partial charge in [0.1, 0.15) is 28.6 Å². The fourth-order valence-electron chi connectivity index (χ4n) is 17.0. The van der Waals surface area contributed by atoms with Gasteiger partial charge in [-0.25, -0.2) is 4.99 Å². The number of halogens is 5. The minimum atomic E-state index is -0.663. The van der Waals surface area contributed by atoms with E-state index in [1.165, 1.54) is 193 Å². The van der Waals surface area contributed by atoms with Crippen molar-refractivity contribution in [2.75, 3.05) is 61.5 Å². The Morgan fingerprint density at radius 1 is 0.290 bits per heavy atom. The van der Waals surface area contributed by atoms with Crippen molar-refractivity contribution in [3.8, 4) is 0 Å². The molecule has 145 heavy (non-hydrogen) atoms. The molecule has 0 saturated carbocycles. The highest BCUT2D eigenvalue weighted by molar-refractivity contribution is 9.11. The van der Waals surface area contributed by atoms with Crippen LogP contribution >= 0.6 is 188 Å². The van der Waals surface area contributed by atoms with Crippen LogP contribution in [0, 0.1) is 0 Å². The monoisotopic (exact) mass is 2480 g/mol. The number of aromatic nitrogens is 9. The van der Waals surface area contributed by atoms with Crippen LogP contribution in [0.25, 0.3) is 55.0 Å². The zero-order valence-electron chi connectivity index (χ0n) is 81.9. The summed E-state index contributed by atoms with van der Waals surface area (Å²) in [5, 5.41) is 47.1. The summed E-state index contributed by atoms with van der Waals surface area (Å²) in [5.41, 5.74) is 21.5. The van der Waals surface area contributed by atoms with Crippen LogP contribution in [0.5, 0.6) is 0 Å². The number of aliphatic imine (C=N–C) groups is 4. The number of rotatable bonds is 35. The van der Waals surface area contributed by atoms with Crippen LogP contribution in [-0.2, 0) is 56.1 Å². The van der Waals surface area contributed by atoms with Gasteiger partial charge >= 0.3 is 29.8 Å². The van der Waals surface area contributed by atoms with Crippen LogP contribution in [0.15, 0.2) is 171 Å². The van der Waals surface area contributed by atoms with E-state index in [0.29, 0.717) is 32.1 Å². The third-order valence-corrected chi connectivity index (χ3v) is 44.3. The first kappa shape index (κ1) is 120. The Kier molecular flexibility index (Phi) is 57.1. The van der Waals surface area contributed by atoms with Crippen LogP contribution in [0.2, 0.25) is 0 Å². The lowest BCUT2D eigenvalue weighted by molar-refractivity contribution is -0.448. The lowest BCUT2D eigenvalue weighted by atomic mass is 10.0. The van der Waals surface area contributed by atoms with E-state index in [2.05, 4.69) is 192 Å². The van der Waals surface area contributed by atoms with Crippen LogP contribution in [0.1, 0.15) is 253 Å². The molecule has 5 aromatic carbocycles. The molecule has 0 radical (unpaired) electrons. The Balaban J connectivity index is 0.000000154. The highest BCUT2D eigenvalue weighted by Gasteiger charge is 2.24. The van der Waals surface area contributed by atoms with Crippen molar-refractivity contribution in [2.24, 2.45) is 20.0 Å². The molecular weight excluding hydrogens is 2350 g/mol. The summed E-state index contributed by atoms with van der Waals surface area (Å²) >= 11 is 18.2. The summed E-state index contributed by atoms with van der Waals surface area (Å²) < 4.78 is 5.40. The van der Waals surface area contributed by atoms with E-state index in [9.17, 15) is 24.0 Å². The zero-order valence-corrected chi connectivity index (χ0v) is 98.0. The number of pyridine rings is 1. The SMILES string of the molecule is Brc1c(CC2=NCCC2)ccc2ncccc12.Brc1c(CC2=NCCC2)ccc2nccnc12.Brc1c(CC2=NCCC2)ccc2nccnc12.Brc1c(CC2=NCCC2)ccc2nccnc12.Brc1c(CC2=[NH+]CCC2)ccc2nccnc12.O=C(O)CCCCC1CCSS1.O=C(O)CCCCC1CCSS1.O=C(O)CCCC[C@H]1CCSS1.O=C(O)CCCC[C@H]1CCSS1.O=C(O)CCCC[C@H]1CCSS1. The second-order valence-corrected chi connectivity index (χ2v) is 53.9. The Hall–Kier alpha value is -5.53. The number of unbranched alkanes of at least 4 members (excludes halogenated alkanes) is 5. The number of benzene rings is 5. The molecule has 0 aliphatic carbocycles. The molecule has 10 aliphatic rings. The Bertz CT molecular complexity index is 5100. The summed E-state index contributed by atoms with van der Waals surface area (Å²) in [7, 11) is 19.6. The van der Waals surface area contributed by atoms with Crippen molar-refractivity contribution in [1.29, 1.82) is 0 Å². The van der Waals surface area contributed by atoms with E-state index in [4.69, 9.17) is 25.5 Å².